The number of carbonyl (C=O) groups is 2. The summed E-state index contributed by atoms with van der Waals surface area (Å²) in [5.74, 6) is -2.01. The summed E-state index contributed by atoms with van der Waals surface area (Å²) in [6.45, 7) is 3.82. The van der Waals surface area contributed by atoms with Crippen LogP contribution in [0.15, 0.2) is 29.3 Å². The molecule has 1 aromatic rings. The average molecular weight is 332 g/mol. The largest absolute Gasteiger partial charge is 0.550 e. The van der Waals surface area contributed by atoms with Crippen molar-refractivity contribution in [2.75, 3.05) is 19.5 Å². The highest BCUT2D eigenvalue weighted by Crippen LogP contribution is 2.36. The van der Waals surface area contributed by atoms with Gasteiger partial charge in [0, 0.05) is 18.0 Å². The number of amides is 1. The maximum atomic E-state index is 12.7. The fraction of sp³-hybridized carbons (Fsp3) is 0.444. The van der Waals surface area contributed by atoms with Gasteiger partial charge in [-0.1, -0.05) is 11.1 Å². The molecule has 0 aromatic heterocycles. The number of hydrogen-bond acceptors (Lipinski definition) is 5. The Morgan fingerprint density at radius 2 is 1.71 bits per heavy atom. The summed E-state index contributed by atoms with van der Waals surface area (Å²) in [5.41, 5.74) is 2.50. The van der Waals surface area contributed by atoms with Crippen molar-refractivity contribution in [3.63, 3.8) is 0 Å². The first-order valence-corrected chi connectivity index (χ1v) is 7.76. The van der Waals surface area contributed by atoms with Crippen LogP contribution in [0.4, 0.5) is 5.69 Å². The SMILES string of the molecule is COc1ccc(OC)c(NC(=O)[C@H]2CC(C)=C(C)C[C@H]2C(=O)[O-])c1. The van der Waals surface area contributed by atoms with Gasteiger partial charge in [0.25, 0.3) is 0 Å². The Hall–Kier alpha value is -2.50. The van der Waals surface area contributed by atoms with E-state index in [0.717, 1.165) is 11.1 Å². The third-order valence-corrected chi connectivity index (χ3v) is 4.57. The number of carboxylic acids is 1. The van der Waals surface area contributed by atoms with Crippen LogP contribution >= 0.6 is 0 Å². The molecule has 0 saturated carbocycles. The highest BCUT2D eigenvalue weighted by molar-refractivity contribution is 5.96. The second kappa shape index (κ2) is 7.38. The van der Waals surface area contributed by atoms with Gasteiger partial charge in [-0.3, -0.25) is 4.79 Å². The van der Waals surface area contributed by atoms with Crippen molar-refractivity contribution in [1.29, 1.82) is 0 Å². The van der Waals surface area contributed by atoms with Crippen LogP contribution in [0.25, 0.3) is 0 Å². The molecule has 1 amide bonds. The molecule has 1 aliphatic carbocycles. The topological polar surface area (TPSA) is 87.7 Å². The second-order valence-corrected chi connectivity index (χ2v) is 6.06. The van der Waals surface area contributed by atoms with Crippen LogP contribution < -0.4 is 19.9 Å². The van der Waals surface area contributed by atoms with Crippen molar-refractivity contribution in [1.82, 2.24) is 0 Å². The number of aliphatic carboxylic acids is 1. The van der Waals surface area contributed by atoms with E-state index in [0.29, 0.717) is 30.0 Å². The number of anilines is 1. The van der Waals surface area contributed by atoms with Gasteiger partial charge < -0.3 is 24.7 Å². The molecule has 0 saturated heterocycles. The summed E-state index contributed by atoms with van der Waals surface area (Å²) in [6, 6.07) is 5.04. The van der Waals surface area contributed by atoms with Crippen LogP contribution in [-0.2, 0) is 9.59 Å². The number of benzene rings is 1. The van der Waals surface area contributed by atoms with Gasteiger partial charge in [-0.05, 0) is 38.8 Å². The summed E-state index contributed by atoms with van der Waals surface area (Å²) in [7, 11) is 3.02. The summed E-state index contributed by atoms with van der Waals surface area (Å²) in [6.07, 6.45) is 0.740. The molecule has 6 nitrogen and oxygen atoms in total. The van der Waals surface area contributed by atoms with Crippen LogP contribution in [0.3, 0.4) is 0 Å². The van der Waals surface area contributed by atoms with Gasteiger partial charge in [0.05, 0.1) is 25.8 Å². The Morgan fingerprint density at radius 1 is 1.08 bits per heavy atom. The number of rotatable bonds is 5. The maximum Gasteiger partial charge on any atom is 0.228 e. The second-order valence-electron chi connectivity index (χ2n) is 6.06. The minimum atomic E-state index is -1.19. The molecule has 1 N–H and O–H groups in total. The molecule has 2 rings (SSSR count). The van der Waals surface area contributed by atoms with Crippen LogP contribution in [0, 0.1) is 11.8 Å². The first-order chi connectivity index (χ1) is 11.4. The standard InChI is InChI=1S/C18H23NO5/c1-10-7-13(14(18(21)22)8-11(10)2)17(20)19-15-9-12(23-3)5-6-16(15)24-4/h5-6,9,13-14H,7-8H2,1-4H3,(H,19,20)(H,21,22)/p-1/t13-,14+/m0/s1. The lowest BCUT2D eigenvalue weighted by atomic mass is 9.76. The van der Waals surface area contributed by atoms with Crippen molar-refractivity contribution in [3.8, 4) is 11.5 Å². The normalized spacial score (nSPS) is 20.5. The van der Waals surface area contributed by atoms with E-state index in [1.165, 1.54) is 14.2 Å². The lowest BCUT2D eigenvalue weighted by Gasteiger charge is -2.32. The zero-order chi connectivity index (χ0) is 17.9. The quantitative estimate of drug-likeness (QED) is 0.830. The molecule has 1 aliphatic rings. The number of hydrogen-bond donors (Lipinski definition) is 1. The summed E-state index contributed by atoms with van der Waals surface area (Å²) in [4.78, 5) is 24.1. The van der Waals surface area contributed by atoms with Gasteiger partial charge in [0.15, 0.2) is 0 Å². The lowest BCUT2D eigenvalue weighted by molar-refractivity contribution is -0.313. The molecular weight excluding hydrogens is 310 g/mol. The number of ether oxygens (including phenoxy) is 2. The van der Waals surface area contributed by atoms with Crippen molar-refractivity contribution in [3.05, 3.63) is 29.3 Å². The highest BCUT2D eigenvalue weighted by atomic mass is 16.5. The van der Waals surface area contributed by atoms with Gasteiger partial charge in [-0.2, -0.15) is 0 Å². The Bertz CT molecular complexity index is 680. The molecule has 0 unspecified atom stereocenters. The van der Waals surface area contributed by atoms with E-state index in [1.807, 2.05) is 13.8 Å². The van der Waals surface area contributed by atoms with Crippen LogP contribution in [0.5, 0.6) is 11.5 Å². The third-order valence-electron chi connectivity index (χ3n) is 4.57. The predicted molar refractivity (Wildman–Crippen MR) is 87.8 cm³/mol. The molecule has 130 valence electrons. The minimum Gasteiger partial charge on any atom is -0.550 e. The smallest absolute Gasteiger partial charge is 0.228 e. The fourth-order valence-corrected chi connectivity index (χ4v) is 2.95. The maximum absolute atomic E-state index is 12.7. The zero-order valence-electron chi connectivity index (χ0n) is 14.3. The summed E-state index contributed by atoms with van der Waals surface area (Å²) < 4.78 is 10.4. The van der Waals surface area contributed by atoms with Crippen molar-refractivity contribution in [2.24, 2.45) is 11.8 Å². The van der Waals surface area contributed by atoms with Crippen molar-refractivity contribution >= 4 is 17.6 Å². The molecule has 0 spiro atoms. The first kappa shape index (κ1) is 17.8. The summed E-state index contributed by atoms with van der Waals surface area (Å²) in [5, 5.41) is 14.2. The molecule has 6 heteroatoms. The van der Waals surface area contributed by atoms with Crippen molar-refractivity contribution in [2.45, 2.75) is 26.7 Å². The van der Waals surface area contributed by atoms with E-state index in [2.05, 4.69) is 5.32 Å². The molecule has 0 aliphatic heterocycles. The highest BCUT2D eigenvalue weighted by Gasteiger charge is 2.33. The van der Waals surface area contributed by atoms with Gasteiger partial charge in [0.1, 0.15) is 11.5 Å². The molecule has 0 radical (unpaired) electrons. The lowest BCUT2D eigenvalue weighted by Crippen LogP contribution is -2.42. The van der Waals surface area contributed by atoms with Crippen molar-refractivity contribution < 1.29 is 24.2 Å². The number of carboxylic acid groups (broad SMARTS) is 1. The molecule has 0 bridgehead atoms. The molecule has 0 heterocycles. The number of allylic oxidation sites excluding steroid dienone is 2. The number of carbonyl (C=O) groups excluding carboxylic acids is 2. The predicted octanol–water partition coefficient (Wildman–Crippen LogP) is 1.75. The number of methoxy groups -OCH3 is 2. The first-order valence-electron chi connectivity index (χ1n) is 7.76. The summed E-state index contributed by atoms with van der Waals surface area (Å²) >= 11 is 0. The van der Waals surface area contributed by atoms with E-state index < -0.39 is 17.8 Å². The fourth-order valence-electron chi connectivity index (χ4n) is 2.95. The van der Waals surface area contributed by atoms with Gasteiger partial charge in [-0.25, -0.2) is 0 Å². The minimum absolute atomic E-state index is 0.335. The van der Waals surface area contributed by atoms with E-state index >= 15 is 0 Å². The van der Waals surface area contributed by atoms with Crippen LogP contribution in [0.1, 0.15) is 26.7 Å². The molecular formula is C18H22NO5-. The Morgan fingerprint density at radius 3 is 2.25 bits per heavy atom. The van der Waals surface area contributed by atoms with E-state index in [1.54, 1.807) is 18.2 Å². The van der Waals surface area contributed by atoms with E-state index in [9.17, 15) is 14.7 Å². The molecule has 2 atom stereocenters. The van der Waals surface area contributed by atoms with Crippen LogP contribution in [0.2, 0.25) is 0 Å². The molecule has 24 heavy (non-hydrogen) atoms. The Labute approximate surface area is 141 Å². The van der Waals surface area contributed by atoms with E-state index in [-0.39, 0.29) is 5.91 Å². The molecule has 0 fully saturated rings. The van der Waals surface area contributed by atoms with Gasteiger partial charge >= 0.3 is 0 Å². The average Bonchev–Trinajstić information content (AvgIpc) is 2.56. The Kier molecular flexibility index (Phi) is 5.49. The third kappa shape index (κ3) is 3.69. The monoisotopic (exact) mass is 332 g/mol. The number of nitrogens with one attached hydrogen (secondary N) is 1. The molecule has 1 aromatic carbocycles. The Balaban J connectivity index is 2.26. The van der Waals surface area contributed by atoms with Gasteiger partial charge in [0.2, 0.25) is 5.91 Å². The van der Waals surface area contributed by atoms with Crippen LogP contribution in [-0.4, -0.2) is 26.1 Å². The zero-order valence-corrected chi connectivity index (χ0v) is 14.3. The van der Waals surface area contributed by atoms with E-state index in [4.69, 9.17) is 9.47 Å². The van der Waals surface area contributed by atoms with Gasteiger partial charge in [-0.15, -0.1) is 0 Å².